The van der Waals surface area contributed by atoms with Crippen molar-refractivity contribution in [3.05, 3.63) is 70.0 Å². The van der Waals surface area contributed by atoms with E-state index in [2.05, 4.69) is 24.9 Å². The normalized spacial score (nSPS) is 15.7. The molecule has 100 valence electrons. The lowest BCUT2D eigenvalue weighted by molar-refractivity contribution is 0.104. The van der Waals surface area contributed by atoms with Crippen LogP contribution in [-0.2, 0) is 12.8 Å². The Morgan fingerprint density at radius 1 is 1.25 bits per heavy atom. The van der Waals surface area contributed by atoms with E-state index in [9.17, 15) is 4.79 Å². The van der Waals surface area contributed by atoms with E-state index in [0.29, 0.717) is 0 Å². The highest BCUT2D eigenvalue weighted by Gasteiger charge is 2.25. The van der Waals surface area contributed by atoms with Crippen LogP contribution in [0.25, 0.3) is 6.08 Å². The maximum absolute atomic E-state index is 12.5. The molecule has 20 heavy (non-hydrogen) atoms. The van der Waals surface area contributed by atoms with Gasteiger partial charge in [0.2, 0.25) is 0 Å². The second-order valence-electron chi connectivity index (χ2n) is 5.25. The van der Waals surface area contributed by atoms with Gasteiger partial charge < -0.3 is 0 Å². The second kappa shape index (κ2) is 5.04. The third kappa shape index (κ3) is 2.18. The minimum absolute atomic E-state index is 0.169. The molecule has 0 spiro atoms. The van der Waals surface area contributed by atoms with E-state index in [1.807, 2.05) is 24.3 Å². The van der Waals surface area contributed by atoms with E-state index in [1.54, 1.807) is 12.4 Å². The summed E-state index contributed by atoms with van der Waals surface area (Å²) in [5.74, 6) is 0.169. The highest BCUT2D eigenvalue weighted by molar-refractivity contribution is 6.15. The fourth-order valence-corrected chi connectivity index (χ4v) is 2.78. The minimum Gasteiger partial charge on any atom is -0.289 e. The molecule has 1 aliphatic rings. The molecular weight excluding hydrogens is 246 g/mol. The van der Waals surface area contributed by atoms with Crippen LogP contribution < -0.4 is 0 Å². The molecule has 0 N–H and O–H groups in total. The molecule has 1 aliphatic carbocycles. The van der Waals surface area contributed by atoms with Gasteiger partial charge in [-0.05, 0) is 59.9 Å². The molecule has 1 aromatic carbocycles. The number of aryl methyl sites for hydroxylation is 2. The quantitative estimate of drug-likeness (QED) is 0.772. The molecule has 1 aromatic heterocycles. The lowest BCUT2D eigenvalue weighted by Crippen LogP contribution is -1.97. The zero-order valence-electron chi connectivity index (χ0n) is 11.8. The van der Waals surface area contributed by atoms with Gasteiger partial charge in [0.15, 0.2) is 5.78 Å². The Morgan fingerprint density at radius 3 is 2.70 bits per heavy atom. The first-order valence-corrected chi connectivity index (χ1v) is 6.96. The van der Waals surface area contributed by atoms with Crippen LogP contribution in [0.2, 0.25) is 0 Å². The van der Waals surface area contributed by atoms with Gasteiger partial charge in [-0.3, -0.25) is 9.78 Å². The third-order valence-corrected chi connectivity index (χ3v) is 3.91. The van der Waals surface area contributed by atoms with Crippen LogP contribution in [0, 0.1) is 6.92 Å². The molecular formula is C18H17NO. The second-order valence-corrected chi connectivity index (χ2v) is 5.25. The summed E-state index contributed by atoms with van der Waals surface area (Å²) in [6.45, 7) is 4.23. The fourth-order valence-electron chi connectivity index (χ4n) is 2.78. The maximum atomic E-state index is 12.5. The Kier molecular flexibility index (Phi) is 3.23. The van der Waals surface area contributed by atoms with Crippen molar-refractivity contribution in [3.8, 4) is 0 Å². The van der Waals surface area contributed by atoms with Crippen molar-refractivity contribution in [1.82, 2.24) is 4.98 Å². The fraction of sp³-hybridized carbons (Fsp3) is 0.222. The molecule has 2 heteroatoms. The topological polar surface area (TPSA) is 30.0 Å². The number of ketones is 1. The molecule has 0 radical (unpaired) electrons. The van der Waals surface area contributed by atoms with Crippen LogP contribution in [0.5, 0.6) is 0 Å². The van der Waals surface area contributed by atoms with E-state index >= 15 is 0 Å². The van der Waals surface area contributed by atoms with Gasteiger partial charge in [0.1, 0.15) is 0 Å². The van der Waals surface area contributed by atoms with Crippen molar-refractivity contribution in [3.63, 3.8) is 0 Å². The van der Waals surface area contributed by atoms with Crippen molar-refractivity contribution in [2.24, 2.45) is 0 Å². The average Bonchev–Trinajstić information content (AvgIpc) is 2.76. The SMILES string of the molecule is CCc1cc2c(cc1C)C(=O)C(=Cc1ccncc1)C2. The van der Waals surface area contributed by atoms with Gasteiger partial charge in [-0.2, -0.15) is 0 Å². The molecule has 0 saturated heterocycles. The molecule has 0 bridgehead atoms. The summed E-state index contributed by atoms with van der Waals surface area (Å²) in [6, 6.07) is 8.08. The number of hydrogen-bond donors (Lipinski definition) is 0. The monoisotopic (exact) mass is 263 g/mol. The number of allylic oxidation sites excluding steroid dienone is 1. The predicted molar refractivity (Wildman–Crippen MR) is 80.8 cm³/mol. The number of aromatic nitrogens is 1. The molecule has 2 nitrogen and oxygen atoms in total. The van der Waals surface area contributed by atoms with Crippen LogP contribution in [0.4, 0.5) is 0 Å². The number of benzene rings is 1. The Balaban J connectivity index is 2.01. The van der Waals surface area contributed by atoms with Gasteiger partial charge in [-0.25, -0.2) is 0 Å². The average molecular weight is 263 g/mol. The Hall–Kier alpha value is -2.22. The maximum Gasteiger partial charge on any atom is 0.189 e. The first-order valence-electron chi connectivity index (χ1n) is 6.96. The zero-order valence-corrected chi connectivity index (χ0v) is 11.8. The number of pyridine rings is 1. The van der Waals surface area contributed by atoms with Crippen molar-refractivity contribution in [2.75, 3.05) is 0 Å². The largest absolute Gasteiger partial charge is 0.289 e. The highest BCUT2D eigenvalue weighted by Crippen LogP contribution is 2.30. The first kappa shape index (κ1) is 12.8. The molecule has 2 aromatic rings. The molecule has 1 heterocycles. The van der Waals surface area contributed by atoms with Crippen molar-refractivity contribution in [2.45, 2.75) is 26.7 Å². The Labute approximate surface area is 119 Å². The summed E-state index contributed by atoms with van der Waals surface area (Å²) >= 11 is 0. The van der Waals surface area contributed by atoms with E-state index in [1.165, 1.54) is 11.1 Å². The summed E-state index contributed by atoms with van der Waals surface area (Å²) in [5, 5.41) is 0. The first-order chi connectivity index (χ1) is 9.69. The molecule has 3 rings (SSSR count). The van der Waals surface area contributed by atoms with Gasteiger partial charge in [0.05, 0.1) is 0 Å². The lowest BCUT2D eigenvalue weighted by Gasteiger charge is -2.05. The van der Waals surface area contributed by atoms with Crippen LogP contribution in [-0.4, -0.2) is 10.8 Å². The van der Waals surface area contributed by atoms with Gasteiger partial charge in [-0.15, -0.1) is 0 Å². The van der Waals surface area contributed by atoms with E-state index < -0.39 is 0 Å². The predicted octanol–water partition coefficient (Wildman–Crippen LogP) is 3.77. The Morgan fingerprint density at radius 2 is 2.00 bits per heavy atom. The number of carbonyl (C=O) groups is 1. The number of hydrogen-bond acceptors (Lipinski definition) is 2. The number of Topliss-reactive ketones (excluding diaryl/α,β-unsaturated/α-hetero) is 1. The smallest absolute Gasteiger partial charge is 0.189 e. The Bertz CT molecular complexity index is 699. The number of nitrogens with zero attached hydrogens (tertiary/aromatic N) is 1. The summed E-state index contributed by atoms with van der Waals surface area (Å²) in [5.41, 5.74) is 6.49. The van der Waals surface area contributed by atoms with Gasteiger partial charge >= 0.3 is 0 Å². The molecule has 0 saturated carbocycles. The third-order valence-electron chi connectivity index (χ3n) is 3.91. The summed E-state index contributed by atoms with van der Waals surface area (Å²) in [7, 11) is 0. The van der Waals surface area contributed by atoms with Crippen molar-refractivity contribution in [1.29, 1.82) is 0 Å². The zero-order chi connectivity index (χ0) is 14.1. The highest BCUT2D eigenvalue weighted by atomic mass is 16.1. The molecule has 0 atom stereocenters. The van der Waals surface area contributed by atoms with E-state index in [0.717, 1.165) is 35.1 Å². The van der Waals surface area contributed by atoms with Crippen LogP contribution in [0.3, 0.4) is 0 Å². The van der Waals surface area contributed by atoms with Gasteiger partial charge in [0.25, 0.3) is 0 Å². The summed E-state index contributed by atoms with van der Waals surface area (Å²) < 4.78 is 0. The van der Waals surface area contributed by atoms with Crippen LogP contribution in [0.15, 0.2) is 42.2 Å². The molecule has 0 aliphatic heterocycles. The number of fused-ring (bicyclic) bond motifs is 1. The summed E-state index contributed by atoms with van der Waals surface area (Å²) in [4.78, 5) is 16.5. The van der Waals surface area contributed by atoms with E-state index in [4.69, 9.17) is 0 Å². The van der Waals surface area contributed by atoms with Crippen LogP contribution in [0.1, 0.15) is 39.5 Å². The lowest BCUT2D eigenvalue weighted by atomic mass is 9.99. The van der Waals surface area contributed by atoms with Crippen molar-refractivity contribution < 1.29 is 4.79 Å². The molecule has 0 fully saturated rings. The van der Waals surface area contributed by atoms with Gasteiger partial charge in [-0.1, -0.05) is 13.0 Å². The number of carbonyl (C=O) groups excluding carboxylic acids is 1. The van der Waals surface area contributed by atoms with Crippen LogP contribution >= 0.6 is 0 Å². The minimum atomic E-state index is 0.169. The summed E-state index contributed by atoms with van der Waals surface area (Å²) in [6.07, 6.45) is 7.22. The van der Waals surface area contributed by atoms with E-state index in [-0.39, 0.29) is 5.78 Å². The van der Waals surface area contributed by atoms with Gasteiger partial charge in [0, 0.05) is 30.0 Å². The van der Waals surface area contributed by atoms with Crippen molar-refractivity contribution >= 4 is 11.9 Å². The molecule has 0 amide bonds. The standard InChI is InChI=1S/C18H17NO/c1-3-14-10-15-11-16(9-13-4-6-19-7-5-13)18(20)17(15)8-12(14)2/h4-10H,3,11H2,1-2H3. The molecule has 0 unspecified atom stereocenters. The number of rotatable bonds is 2.